The summed E-state index contributed by atoms with van der Waals surface area (Å²) in [4.78, 5) is 43.6. The number of aliphatic hydroxyl groups is 1. The molecule has 0 saturated heterocycles. The van der Waals surface area contributed by atoms with E-state index in [4.69, 9.17) is 9.84 Å². The molecule has 29 heavy (non-hydrogen) atoms. The highest BCUT2D eigenvalue weighted by Gasteiger charge is 2.28. The third-order valence-corrected chi connectivity index (χ3v) is 4.57. The van der Waals surface area contributed by atoms with E-state index < -0.39 is 57.6 Å². The number of aliphatic carboxylic acids is 1. The number of unbranched alkanes of at least 4 members (excludes halogenated alkanes) is 3. The summed E-state index contributed by atoms with van der Waals surface area (Å²) >= 11 is 0. The monoisotopic (exact) mass is 441 g/mol. The van der Waals surface area contributed by atoms with Crippen molar-refractivity contribution in [1.29, 1.82) is 0 Å². The smallest absolute Gasteiger partial charge is 0.472 e. The summed E-state index contributed by atoms with van der Waals surface area (Å²) < 4.78 is 25.7. The molecule has 0 aliphatic heterocycles. The van der Waals surface area contributed by atoms with Gasteiger partial charge < -0.3 is 25.2 Å². The Bertz CT molecular complexity index is 556. The van der Waals surface area contributed by atoms with Crippen LogP contribution in [0.15, 0.2) is 0 Å². The van der Waals surface area contributed by atoms with E-state index in [0.29, 0.717) is 12.8 Å². The zero-order valence-corrected chi connectivity index (χ0v) is 17.8. The van der Waals surface area contributed by atoms with Gasteiger partial charge in [-0.3, -0.25) is 18.6 Å². The Morgan fingerprint density at radius 1 is 0.966 bits per heavy atom. The number of phosphoric acid groups is 1. The number of carboxylic acid groups (broad SMARTS) is 1. The number of hydrogen-bond acceptors (Lipinski definition) is 8. The molecule has 0 aliphatic rings. The average Bonchev–Trinajstić information content (AvgIpc) is 2.65. The summed E-state index contributed by atoms with van der Waals surface area (Å²) in [5.41, 5.74) is 0. The first-order chi connectivity index (χ1) is 13.6. The number of ether oxygens (including phenoxy) is 1. The molecule has 0 spiro atoms. The largest absolute Gasteiger partial charge is 0.480 e. The SMILES string of the molecule is CCCCCCC(=O)OCC(O)COP(=O)(O)OCC(NC(=O)CCC)C(=O)O. The Hall–Kier alpha value is -1.52. The molecule has 3 atom stereocenters. The fraction of sp³-hybridized carbons (Fsp3) is 0.824. The van der Waals surface area contributed by atoms with E-state index in [1.807, 2.05) is 6.92 Å². The maximum Gasteiger partial charge on any atom is 0.472 e. The van der Waals surface area contributed by atoms with Gasteiger partial charge in [-0.05, 0) is 12.8 Å². The third kappa shape index (κ3) is 15.0. The average molecular weight is 441 g/mol. The minimum Gasteiger partial charge on any atom is -0.480 e. The Kier molecular flexibility index (Phi) is 14.5. The second-order valence-electron chi connectivity index (χ2n) is 6.42. The molecule has 0 aromatic heterocycles. The Morgan fingerprint density at radius 3 is 2.21 bits per heavy atom. The zero-order valence-electron chi connectivity index (χ0n) is 16.9. The summed E-state index contributed by atoms with van der Waals surface area (Å²) in [6.07, 6.45) is 3.08. The number of hydrogen-bond donors (Lipinski definition) is 4. The molecule has 0 heterocycles. The lowest BCUT2D eigenvalue weighted by molar-refractivity contribution is -0.147. The van der Waals surface area contributed by atoms with Gasteiger partial charge in [-0.25, -0.2) is 9.36 Å². The molecule has 0 saturated carbocycles. The van der Waals surface area contributed by atoms with Crippen LogP contribution >= 0.6 is 7.82 Å². The molecule has 0 rings (SSSR count). The van der Waals surface area contributed by atoms with E-state index in [9.17, 15) is 28.9 Å². The van der Waals surface area contributed by atoms with Crippen molar-refractivity contribution in [2.75, 3.05) is 19.8 Å². The van der Waals surface area contributed by atoms with Crippen molar-refractivity contribution in [3.05, 3.63) is 0 Å². The molecule has 0 aliphatic carbocycles. The van der Waals surface area contributed by atoms with Gasteiger partial charge in [0.05, 0.1) is 13.2 Å². The van der Waals surface area contributed by atoms with Crippen molar-refractivity contribution in [3.8, 4) is 0 Å². The van der Waals surface area contributed by atoms with Crippen LogP contribution in [0.2, 0.25) is 0 Å². The Morgan fingerprint density at radius 2 is 1.62 bits per heavy atom. The molecule has 0 aromatic rings. The van der Waals surface area contributed by atoms with Crippen LogP contribution in [-0.4, -0.2) is 64.9 Å². The van der Waals surface area contributed by atoms with Crippen LogP contribution in [0.3, 0.4) is 0 Å². The minimum atomic E-state index is -4.69. The molecular formula is C17H32NO10P. The Balaban J connectivity index is 4.22. The molecule has 0 fully saturated rings. The van der Waals surface area contributed by atoms with Crippen molar-refractivity contribution in [1.82, 2.24) is 5.32 Å². The maximum atomic E-state index is 11.8. The van der Waals surface area contributed by atoms with E-state index in [-0.39, 0.29) is 12.8 Å². The maximum absolute atomic E-state index is 11.8. The normalized spacial score (nSPS) is 15.2. The first-order valence-corrected chi connectivity index (χ1v) is 11.1. The second-order valence-corrected chi connectivity index (χ2v) is 7.87. The lowest BCUT2D eigenvalue weighted by Gasteiger charge is -2.18. The summed E-state index contributed by atoms with van der Waals surface area (Å²) in [7, 11) is -4.69. The molecule has 11 nitrogen and oxygen atoms in total. The summed E-state index contributed by atoms with van der Waals surface area (Å²) in [6.45, 7) is 1.88. The van der Waals surface area contributed by atoms with Gasteiger partial charge in [-0.2, -0.15) is 0 Å². The lowest BCUT2D eigenvalue weighted by Crippen LogP contribution is -2.43. The van der Waals surface area contributed by atoms with E-state index in [2.05, 4.69) is 14.4 Å². The topological polar surface area (TPSA) is 169 Å². The lowest BCUT2D eigenvalue weighted by atomic mass is 10.2. The number of phosphoric ester groups is 1. The van der Waals surface area contributed by atoms with Crippen LogP contribution in [-0.2, 0) is 32.7 Å². The number of rotatable bonds is 17. The molecule has 0 aromatic carbocycles. The van der Waals surface area contributed by atoms with Gasteiger partial charge in [-0.1, -0.05) is 33.1 Å². The van der Waals surface area contributed by atoms with Gasteiger partial charge >= 0.3 is 19.8 Å². The van der Waals surface area contributed by atoms with Crippen molar-refractivity contribution >= 4 is 25.7 Å². The molecule has 4 N–H and O–H groups in total. The van der Waals surface area contributed by atoms with Gasteiger partial charge in [0.1, 0.15) is 12.7 Å². The summed E-state index contributed by atoms with van der Waals surface area (Å²) in [5.74, 6) is -2.47. The number of amides is 1. The van der Waals surface area contributed by atoms with E-state index >= 15 is 0 Å². The molecule has 1 amide bonds. The molecule has 0 radical (unpaired) electrons. The summed E-state index contributed by atoms with van der Waals surface area (Å²) in [6, 6.07) is -1.53. The van der Waals surface area contributed by atoms with Crippen LogP contribution in [0.4, 0.5) is 0 Å². The number of esters is 1. The first kappa shape index (κ1) is 27.5. The van der Waals surface area contributed by atoms with Crippen molar-refractivity contribution in [3.63, 3.8) is 0 Å². The van der Waals surface area contributed by atoms with Gasteiger partial charge in [0, 0.05) is 12.8 Å². The van der Waals surface area contributed by atoms with E-state index in [1.54, 1.807) is 6.92 Å². The van der Waals surface area contributed by atoms with Crippen molar-refractivity contribution in [2.24, 2.45) is 0 Å². The fourth-order valence-corrected chi connectivity index (χ4v) is 2.83. The van der Waals surface area contributed by atoms with Crippen LogP contribution in [0.25, 0.3) is 0 Å². The second kappa shape index (κ2) is 15.3. The van der Waals surface area contributed by atoms with E-state index in [1.165, 1.54) is 0 Å². The summed E-state index contributed by atoms with van der Waals surface area (Å²) in [5, 5.41) is 20.9. The molecular weight excluding hydrogens is 409 g/mol. The number of nitrogens with one attached hydrogen (secondary N) is 1. The third-order valence-electron chi connectivity index (χ3n) is 3.62. The van der Waals surface area contributed by atoms with Crippen LogP contribution in [0.5, 0.6) is 0 Å². The van der Waals surface area contributed by atoms with Gasteiger partial charge in [-0.15, -0.1) is 0 Å². The van der Waals surface area contributed by atoms with Crippen LogP contribution in [0, 0.1) is 0 Å². The Labute approximate surface area is 170 Å². The highest BCUT2D eigenvalue weighted by atomic mass is 31.2. The van der Waals surface area contributed by atoms with Crippen molar-refractivity contribution in [2.45, 2.75) is 70.9 Å². The minimum absolute atomic E-state index is 0.0978. The standard InChI is InChI=1S/C17H32NO10P/c1-3-5-6-7-9-16(21)26-10-13(19)11-27-29(24,25)28-12-14(17(22)23)18-15(20)8-4-2/h13-14,19H,3-12H2,1-2H3,(H,18,20)(H,22,23)(H,24,25). The highest BCUT2D eigenvalue weighted by Crippen LogP contribution is 2.43. The number of carbonyl (C=O) groups is 3. The number of carboxylic acids is 1. The molecule has 12 heteroatoms. The van der Waals surface area contributed by atoms with Gasteiger partial charge in [0.2, 0.25) is 5.91 Å². The molecule has 170 valence electrons. The first-order valence-electron chi connectivity index (χ1n) is 9.59. The van der Waals surface area contributed by atoms with Crippen LogP contribution < -0.4 is 5.32 Å². The fourth-order valence-electron chi connectivity index (χ4n) is 2.06. The van der Waals surface area contributed by atoms with Gasteiger partial charge in [0.25, 0.3) is 0 Å². The molecule has 3 unspecified atom stereocenters. The molecule has 0 bridgehead atoms. The van der Waals surface area contributed by atoms with Crippen molar-refractivity contribution < 1.29 is 47.8 Å². The quantitative estimate of drug-likeness (QED) is 0.147. The number of aliphatic hydroxyl groups excluding tert-OH is 1. The van der Waals surface area contributed by atoms with Gasteiger partial charge in [0.15, 0.2) is 6.04 Å². The van der Waals surface area contributed by atoms with Crippen LogP contribution in [0.1, 0.15) is 58.8 Å². The highest BCUT2D eigenvalue weighted by molar-refractivity contribution is 7.47. The predicted molar refractivity (Wildman–Crippen MR) is 102 cm³/mol. The number of carbonyl (C=O) groups excluding carboxylic acids is 2. The van der Waals surface area contributed by atoms with E-state index in [0.717, 1.165) is 19.3 Å². The predicted octanol–water partition coefficient (Wildman–Crippen LogP) is 1.36. The zero-order chi connectivity index (χ0) is 22.3.